The summed E-state index contributed by atoms with van der Waals surface area (Å²) in [6.07, 6.45) is 5.91. The number of piperidine rings is 1. The molecule has 0 spiro atoms. The molecule has 0 aliphatic carbocycles. The average Bonchev–Trinajstić information content (AvgIpc) is 3.40. The number of hydrogen-bond donors (Lipinski definition) is 1. The van der Waals surface area contributed by atoms with E-state index in [2.05, 4.69) is 14.9 Å². The summed E-state index contributed by atoms with van der Waals surface area (Å²) in [5, 5.41) is 10.6. The first-order chi connectivity index (χ1) is 12.8. The number of aromatic nitrogens is 2. The molecule has 5 heterocycles. The Morgan fingerprint density at radius 3 is 2.42 bits per heavy atom. The van der Waals surface area contributed by atoms with E-state index in [4.69, 9.17) is 13.3 Å². The van der Waals surface area contributed by atoms with Crippen molar-refractivity contribution >= 4 is 16.9 Å². The second-order valence-electron chi connectivity index (χ2n) is 6.36. The fraction of sp³-hybridized carbons (Fsp3) is 0.263. The first-order valence-corrected chi connectivity index (χ1v) is 8.59. The summed E-state index contributed by atoms with van der Waals surface area (Å²) in [7, 11) is 0. The van der Waals surface area contributed by atoms with Crippen LogP contribution in [0.2, 0.25) is 0 Å². The van der Waals surface area contributed by atoms with Gasteiger partial charge >= 0.3 is 0 Å². The maximum Gasteiger partial charge on any atom is 0.232 e. The molecule has 0 amide bonds. The molecule has 0 unspecified atom stereocenters. The van der Waals surface area contributed by atoms with Crippen LogP contribution in [0.3, 0.4) is 0 Å². The van der Waals surface area contributed by atoms with Crippen LogP contribution in [0.4, 0.5) is 5.82 Å². The van der Waals surface area contributed by atoms with Crippen molar-refractivity contribution < 1.29 is 18.4 Å². The molecule has 4 aromatic rings. The Morgan fingerprint density at radius 1 is 1.00 bits per heavy atom. The third kappa shape index (κ3) is 2.40. The molecule has 7 nitrogen and oxygen atoms in total. The molecule has 1 aliphatic rings. The zero-order valence-electron chi connectivity index (χ0n) is 14.0. The van der Waals surface area contributed by atoms with Gasteiger partial charge in [0.1, 0.15) is 17.9 Å². The number of rotatable bonds is 3. The standard InChI is InChI=1S/C19H17N3O4/c23-12-5-7-22(8-6-12)18-16-15(13-3-1-9-24-13)17(14-4-2-10-25-14)26-19(16)21-11-20-18/h1-4,9-12,23H,5-8H2. The van der Waals surface area contributed by atoms with Crippen molar-refractivity contribution in [1.82, 2.24) is 9.97 Å². The SMILES string of the molecule is OC1CCN(c2ncnc3oc(-c4ccco4)c(-c4ccco4)c23)CC1. The highest BCUT2D eigenvalue weighted by molar-refractivity contribution is 6.04. The lowest BCUT2D eigenvalue weighted by atomic mass is 10.1. The molecule has 0 aromatic carbocycles. The molecule has 1 N–H and O–H groups in total. The van der Waals surface area contributed by atoms with Crippen LogP contribution in [0.25, 0.3) is 33.9 Å². The van der Waals surface area contributed by atoms with Crippen molar-refractivity contribution in [3.63, 3.8) is 0 Å². The molecule has 132 valence electrons. The molecule has 0 radical (unpaired) electrons. The minimum Gasteiger partial charge on any atom is -0.464 e. The topological polar surface area (TPSA) is 88.7 Å². The van der Waals surface area contributed by atoms with E-state index in [1.54, 1.807) is 12.5 Å². The van der Waals surface area contributed by atoms with Crippen LogP contribution >= 0.6 is 0 Å². The van der Waals surface area contributed by atoms with E-state index < -0.39 is 0 Å². The maximum absolute atomic E-state index is 9.82. The van der Waals surface area contributed by atoms with Gasteiger partial charge in [-0.05, 0) is 37.1 Å². The summed E-state index contributed by atoms with van der Waals surface area (Å²) in [4.78, 5) is 11.0. The van der Waals surface area contributed by atoms with Crippen LogP contribution in [-0.4, -0.2) is 34.3 Å². The van der Waals surface area contributed by atoms with Gasteiger partial charge in [-0.15, -0.1) is 0 Å². The summed E-state index contributed by atoms with van der Waals surface area (Å²) in [5.74, 6) is 2.63. The molecule has 7 heteroatoms. The van der Waals surface area contributed by atoms with E-state index in [0.717, 1.165) is 29.9 Å². The molecule has 0 bridgehead atoms. The molecular weight excluding hydrogens is 334 g/mol. The number of fused-ring (bicyclic) bond motifs is 1. The van der Waals surface area contributed by atoms with Gasteiger partial charge < -0.3 is 23.3 Å². The lowest BCUT2D eigenvalue weighted by Gasteiger charge is -2.30. The van der Waals surface area contributed by atoms with Gasteiger partial charge in [-0.25, -0.2) is 9.97 Å². The van der Waals surface area contributed by atoms with Crippen molar-refractivity contribution in [2.45, 2.75) is 18.9 Å². The monoisotopic (exact) mass is 351 g/mol. The van der Waals surface area contributed by atoms with Crippen LogP contribution in [0, 0.1) is 0 Å². The second-order valence-corrected chi connectivity index (χ2v) is 6.36. The highest BCUT2D eigenvalue weighted by Crippen LogP contribution is 2.43. The number of nitrogens with zero attached hydrogens (tertiary/aromatic N) is 3. The number of aliphatic hydroxyl groups is 1. The van der Waals surface area contributed by atoms with E-state index in [9.17, 15) is 5.11 Å². The molecule has 26 heavy (non-hydrogen) atoms. The Labute approximate surface area is 148 Å². The van der Waals surface area contributed by atoms with Gasteiger partial charge in [0.25, 0.3) is 0 Å². The van der Waals surface area contributed by atoms with Crippen LogP contribution in [0.5, 0.6) is 0 Å². The first-order valence-electron chi connectivity index (χ1n) is 8.59. The molecular formula is C19H17N3O4. The molecule has 1 saturated heterocycles. The van der Waals surface area contributed by atoms with Crippen molar-refractivity contribution in [2.75, 3.05) is 18.0 Å². The predicted molar refractivity (Wildman–Crippen MR) is 94.7 cm³/mol. The normalized spacial score (nSPS) is 15.8. The van der Waals surface area contributed by atoms with Crippen LogP contribution < -0.4 is 4.90 Å². The Morgan fingerprint density at radius 2 is 1.73 bits per heavy atom. The maximum atomic E-state index is 9.82. The molecule has 1 aliphatic heterocycles. The highest BCUT2D eigenvalue weighted by atomic mass is 16.4. The summed E-state index contributed by atoms with van der Waals surface area (Å²) in [5.41, 5.74) is 1.26. The van der Waals surface area contributed by atoms with E-state index in [1.165, 1.54) is 6.33 Å². The Kier molecular flexibility index (Phi) is 3.53. The van der Waals surface area contributed by atoms with E-state index in [1.807, 2.05) is 24.3 Å². The van der Waals surface area contributed by atoms with Crippen molar-refractivity contribution in [2.24, 2.45) is 0 Å². The van der Waals surface area contributed by atoms with Crippen molar-refractivity contribution in [1.29, 1.82) is 0 Å². The molecule has 4 aromatic heterocycles. The number of hydrogen-bond acceptors (Lipinski definition) is 7. The fourth-order valence-electron chi connectivity index (χ4n) is 3.47. The van der Waals surface area contributed by atoms with E-state index in [0.29, 0.717) is 35.8 Å². The van der Waals surface area contributed by atoms with Gasteiger partial charge in [0.15, 0.2) is 11.5 Å². The number of furan rings is 3. The first kappa shape index (κ1) is 15.2. The summed E-state index contributed by atoms with van der Waals surface area (Å²) < 4.78 is 17.3. The van der Waals surface area contributed by atoms with Gasteiger partial charge in [0.05, 0.1) is 29.6 Å². The Hall–Kier alpha value is -3.06. The average molecular weight is 351 g/mol. The fourth-order valence-corrected chi connectivity index (χ4v) is 3.47. The van der Waals surface area contributed by atoms with E-state index in [-0.39, 0.29) is 6.10 Å². The smallest absolute Gasteiger partial charge is 0.232 e. The molecule has 1 fully saturated rings. The van der Waals surface area contributed by atoms with Gasteiger partial charge in [-0.3, -0.25) is 0 Å². The summed E-state index contributed by atoms with van der Waals surface area (Å²) in [6.45, 7) is 1.46. The summed E-state index contributed by atoms with van der Waals surface area (Å²) in [6, 6.07) is 7.37. The molecule has 0 saturated carbocycles. The van der Waals surface area contributed by atoms with Crippen molar-refractivity contribution in [3.8, 4) is 22.8 Å². The second kappa shape index (κ2) is 6.03. The number of anilines is 1. The molecule has 0 atom stereocenters. The third-order valence-electron chi connectivity index (χ3n) is 4.74. The van der Waals surface area contributed by atoms with Gasteiger partial charge in [-0.2, -0.15) is 0 Å². The predicted octanol–water partition coefficient (Wildman–Crippen LogP) is 3.70. The Bertz CT molecular complexity index is 1010. The van der Waals surface area contributed by atoms with Gasteiger partial charge in [0, 0.05) is 13.1 Å². The van der Waals surface area contributed by atoms with Gasteiger partial charge in [0.2, 0.25) is 5.71 Å². The highest BCUT2D eigenvalue weighted by Gasteiger charge is 2.28. The third-order valence-corrected chi connectivity index (χ3v) is 4.74. The lowest BCUT2D eigenvalue weighted by Crippen LogP contribution is -2.36. The number of aliphatic hydroxyl groups excluding tert-OH is 1. The quantitative estimate of drug-likeness (QED) is 0.602. The van der Waals surface area contributed by atoms with Crippen LogP contribution in [0.15, 0.2) is 56.4 Å². The summed E-state index contributed by atoms with van der Waals surface area (Å²) >= 11 is 0. The van der Waals surface area contributed by atoms with Crippen LogP contribution in [-0.2, 0) is 0 Å². The van der Waals surface area contributed by atoms with E-state index >= 15 is 0 Å². The zero-order valence-corrected chi connectivity index (χ0v) is 14.0. The largest absolute Gasteiger partial charge is 0.464 e. The van der Waals surface area contributed by atoms with Crippen molar-refractivity contribution in [3.05, 3.63) is 43.1 Å². The lowest BCUT2D eigenvalue weighted by molar-refractivity contribution is 0.145. The van der Waals surface area contributed by atoms with Crippen LogP contribution in [0.1, 0.15) is 12.8 Å². The van der Waals surface area contributed by atoms with Gasteiger partial charge in [-0.1, -0.05) is 0 Å². The zero-order chi connectivity index (χ0) is 17.5. The minimum absolute atomic E-state index is 0.254. The minimum atomic E-state index is -0.254. The molecule has 5 rings (SSSR count). The Balaban J connectivity index is 1.75.